The van der Waals surface area contributed by atoms with Gasteiger partial charge in [-0.15, -0.1) is 11.8 Å². The predicted molar refractivity (Wildman–Crippen MR) is 112 cm³/mol. The van der Waals surface area contributed by atoms with Gasteiger partial charge in [-0.1, -0.05) is 13.8 Å². The fraction of sp³-hybridized carbons (Fsp3) is 0.619. The predicted octanol–water partition coefficient (Wildman–Crippen LogP) is 2.86. The number of nitrogens with zero attached hydrogens (tertiary/aromatic N) is 2. The first-order valence-electron chi connectivity index (χ1n) is 9.75. The summed E-state index contributed by atoms with van der Waals surface area (Å²) in [6.45, 7) is 7.08. The van der Waals surface area contributed by atoms with Crippen molar-refractivity contribution in [3.05, 3.63) is 30.1 Å². The molecule has 1 fully saturated rings. The van der Waals surface area contributed by atoms with E-state index >= 15 is 0 Å². The molecule has 0 aliphatic carbocycles. The van der Waals surface area contributed by atoms with Gasteiger partial charge in [0.15, 0.2) is 0 Å². The van der Waals surface area contributed by atoms with Gasteiger partial charge in [0.25, 0.3) is 0 Å². The average Bonchev–Trinajstić information content (AvgIpc) is 2.64. The molecule has 1 saturated heterocycles. The molecule has 7 heteroatoms. The maximum absolute atomic E-state index is 12.9. The number of rotatable bonds is 8. The third-order valence-electron chi connectivity index (χ3n) is 4.88. The largest absolute Gasteiger partial charge is 0.355 e. The van der Waals surface area contributed by atoms with Gasteiger partial charge < -0.3 is 15.1 Å². The number of nitrogens with one attached hydrogen (secondary N) is 1. The van der Waals surface area contributed by atoms with Gasteiger partial charge >= 0.3 is 0 Å². The highest BCUT2D eigenvalue weighted by Crippen LogP contribution is 2.22. The van der Waals surface area contributed by atoms with E-state index < -0.39 is 0 Å². The summed E-state index contributed by atoms with van der Waals surface area (Å²) >= 11 is 1.41. The highest BCUT2D eigenvalue weighted by molar-refractivity contribution is 8.00. The number of carbonyl (C=O) groups excluding carboxylic acids is 2. The standard InChI is InChI=1S/C21H32FN3O2S/c1-21(2,15-24(3)4)14-23-20(27)16-9-11-25(12-10-16)19(26)13-28-18-7-5-17(22)6-8-18/h5-8,16H,9-15H2,1-4H3,(H,23,27). The van der Waals surface area contributed by atoms with Crippen molar-refractivity contribution < 1.29 is 14.0 Å². The minimum Gasteiger partial charge on any atom is -0.355 e. The van der Waals surface area contributed by atoms with Crippen LogP contribution in [0.4, 0.5) is 4.39 Å². The van der Waals surface area contributed by atoms with E-state index in [9.17, 15) is 14.0 Å². The van der Waals surface area contributed by atoms with Crippen molar-refractivity contribution in [1.82, 2.24) is 15.1 Å². The Morgan fingerprint density at radius 2 is 1.82 bits per heavy atom. The van der Waals surface area contributed by atoms with Crippen LogP contribution >= 0.6 is 11.8 Å². The summed E-state index contributed by atoms with van der Waals surface area (Å²) in [7, 11) is 4.06. The minimum atomic E-state index is -0.277. The molecule has 5 nitrogen and oxygen atoms in total. The summed E-state index contributed by atoms with van der Waals surface area (Å²) in [6.07, 6.45) is 1.40. The second-order valence-corrected chi connectivity index (χ2v) is 9.57. The molecule has 0 radical (unpaired) electrons. The zero-order valence-corrected chi connectivity index (χ0v) is 18.2. The maximum Gasteiger partial charge on any atom is 0.232 e. The number of thioether (sulfide) groups is 1. The summed E-state index contributed by atoms with van der Waals surface area (Å²) in [5.41, 5.74) is 0.0212. The second kappa shape index (κ2) is 10.3. The Morgan fingerprint density at radius 1 is 1.21 bits per heavy atom. The number of carbonyl (C=O) groups is 2. The van der Waals surface area contributed by atoms with Gasteiger partial charge in [0.1, 0.15) is 5.82 Å². The monoisotopic (exact) mass is 409 g/mol. The fourth-order valence-corrected chi connectivity index (χ4v) is 4.34. The van der Waals surface area contributed by atoms with Crippen molar-refractivity contribution in [1.29, 1.82) is 0 Å². The molecular formula is C21H32FN3O2S. The van der Waals surface area contributed by atoms with Crippen LogP contribution in [-0.2, 0) is 9.59 Å². The van der Waals surface area contributed by atoms with Crippen molar-refractivity contribution in [3.8, 4) is 0 Å². The van der Waals surface area contributed by atoms with E-state index in [4.69, 9.17) is 0 Å². The van der Waals surface area contributed by atoms with Crippen molar-refractivity contribution in [3.63, 3.8) is 0 Å². The lowest BCUT2D eigenvalue weighted by Crippen LogP contribution is -2.46. The molecule has 1 aliphatic heterocycles. The fourth-order valence-electron chi connectivity index (χ4n) is 3.54. The van der Waals surface area contributed by atoms with Crippen molar-refractivity contribution in [2.24, 2.45) is 11.3 Å². The number of hydrogen-bond acceptors (Lipinski definition) is 4. The van der Waals surface area contributed by atoms with Crippen LogP contribution in [0.2, 0.25) is 0 Å². The quantitative estimate of drug-likeness (QED) is 0.671. The van der Waals surface area contributed by atoms with E-state index in [0.29, 0.717) is 38.2 Å². The lowest BCUT2D eigenvalue weighted by molar-refractivity contribution is -0.133. The van der Waals surface area contributed by atoms with E-state index in [1.807, 2.05) is 19.0 Å². The van der Waals surface area contributed by atoms with Gasteiger partial charge in [-0.25, -0.2) is 4.39 Å². The number of amides is 2. The van der Waals surface area contributed by atoms with Gasteiger partial charge in [0.05, 0.1) is 5.75 Å². The minimum absolute atomic E-state index is 0.0212. The Morgan fingerprint density at radius 3 is 2.39 bits per heavy atom. The lowest BCUT2D eigenvalue weighted by Gasteiger charge is -2.33. The number of benzene rings is 1. The van der Waals surface area contributed by atoms with Crippen LogP contribution < -0.4 is 5.32 Å². The molecule has 0 saturated carbocycles. The molecule has 156 valence electrons. The first-order chi connectivity index (χ1) is 13.2. The van der Waals surface area contributed by atoms with E-state index in [0.717, 1.165) is 11.4 Å². The topological polar surface area (TPSA) is 52.7 Å². The Hall–Kier alpha value is -1.60. The third-order valence-corrected chi connectivity index (χ3v) is 5.88. The Balaban J connectivity index is 1.71. The molecule has 0 spiro atoms. The molecule has 0 aromatic heterocycles. The maximum atomic E-state index is 12.9. The van der Waals surface area contributed by atoms with Crippen LogP contribution in [0.1, 0.15) is 26.7 Å². The average molecular weight is 410 g/mol. The van der Waals surface area contributed by atoms with Crippen molar-refractivity contribution >= 4 is 23.6 Å². The molecule has 1 aromatic carbocycles. The highest BCUT2D eigenvalue weighted by atomic mass is 32.2. The van der Waals surface area contributed by atoms with Gasteiger partial charge in [-0.05, 0) is 56.6 Å². The van der Waals surface area contributed by atoms with Crippen LogP contribution in [0, 0.1) is 17.2 Å². The summed E-state index contributed by atoms with van der Waals surface area (Å²) in [4.78, 5) is 29.7. The molecule has 1 aromatic rings. The van der Waals surface area contributed by atoms with Crippen LogP contribution in [0.3, 0.4) is 0 Å². The Kier molecular flexibility index (Phi) is 8.31. The van der Waals surface area contributed by atoms with Crippen molar-refractivity contribution in [2.75, 3.05) is 46.0 Å². The normalized spacial score (nSPS) is 15.7. The summed E-state index contributed by atoms with van der Waals surface area (Å²) in [5.74, 6) is 0.200. The molecule has 0 atom stereocenters. The first-order valence-corrected chi connectivity index (χ1v) is 10.7. The molecule has 2 amide bonds. The molecular weight excluding hydrogens is 377 g/mol. The molecule has 0 bridgehead atoms. The van der Waals surface area contributed by atoms with Crippen LogP contribution in [0.15, 0.2) is 29.2 Å². The van der Waals surface area contributed by atoms with E-state index in [-0.39, 0.29) is 29.0 Å². The lowest BCUT2D eigenvalue weighted by atomic mass is 9.91. The van der Waals surface area contributed by atoms with E-state index in [1.165, 1.54) is 23.9 Å². The first kappa shape index (κ1) is 22.7. The third kappa shape index (κ3) is 7.43. The van der Waals surface area contributed by atoms with Gasteiger partial charge in [0, 0.05) is 37.0 Å². The van der Waals surface area contributed by atoms with Crippen LogP contribution in [0.25, 0.3) is 0 Å². The second-order valence-electron chi connectivity index (χ2n) is 8.52. The molecule has 1 aliphatic rings. The zero-order chi connectivity index (χ0) is 20.7. The Bertz CT molecular complexity index is 656. The molecule has 2 rings (SSSR count). The van der Waals surface area contributed by atoms with Gasteiger partial charge in [-0.3, -0.25) is 9.59 Å². The van der Waals surface area contributed by atoms with Crippen LogP contribution in [-0.4, -0.2) is 67.6 Å². The van der Waals surface area contributed by atoms with Crippen LogP contribution in [0.5, 0.6) is 0 Å². The van der Waals surface area contributed by atoms with Crippen molar-refractivity contribution in [2.45, 2.75) is 31.6 Å². The zero-order valence-electron chi connectivity index (χ0n) is 17.3. The smallest absolute Gasteiger partial charge is 0.232 e. The SMILES string of the molecule is CN(C)CC(C)(C)CNC(=O)C1CCN(C(=O)CSc2ccc(F)cc2)CC1. The van der Waals surface area contributed by atoms with Gasteiger partial charge in [0.2, 0.25) is 11.8 Å². The molecule has 28 heavy (non-hydrogen) atoms. The Labute approximate surface area is 172 Å². The molecule has 0 unspecified atom stereocenters. The number of likely N-dealkylation sites (tertiary alicyclic amines) is 1. The number of hydrogen-bond donors (Lipinski definition) is 1. The number of piperidine rings is 1. The highest BCUT2D eigenvalue weighted by Gasteiger charge is 2.28. The number of halogens is 1. The van der Waals surface area contributed by atoms with E-state index in [2.05, 4.69) is 24.1 Å². The van der Waals surface area contributed by atoms with Gasteiger partial charge in [-0.2, -0.15) is 0 Å². The van der Waals surface area contributed by atoms with E-state index in [1.54, 1.807) is 12.1 Å². The summed E-state index contributed by atoms with van der Waals surface area (Å²) in [5, 5.41) is 3.09. The summed E-state index contributed by atoms with van der Waals surface area (Å²) in [6, 6.07) is 6.16. The molecule has 1 heterocycles. The molecule has 1 N–H and O–H groups in total. The summed E-state index contributed by atoms with van der Waals surface area (Å²) < 4.78 is 12.9.